The average Bonchev–Trinajstić information content (AvgIpc) is 3.26. The van der Waals surface area contributed by atoms with Gasteiger partial charge in [-0.2, -0.15) is 5.10 Å². The summed E-state index contributed by atoms with van der Waals surface area (Å²) >= 11 is 6.17. The summed E-state index contributed by atoms with van der Waals surface area (Å²) in [4.78, 5) is 41.4. The normalized spacial score (nSPS) is 17.4. The highest BCUT2D eigenvalue weighted by Gasteiger charge is 2.54. The molecule has 1 fully saturated rings. The van der Waals surface area contributed by atoms with Crippen LogP contribution in [0.1, 0.15) is 56.9 Å². The van der Waals surface area contributed by atoms with Gasteiger partial charge >= 0.3 is 12.1 Å². The summed E-state index contributed by atoms with van der Waals surface area (Å²) < 4.78 is 21.0. The van der Waals surface area contributed by atoms with Gasteiger partial charge in [0.1, 0.15) is 5.82 Å². The van der Waals surface area contributed by atoms with Gasteiger partial charge in [0, 0.05) is 10.6 Å². The van der Waals surface area contributed by atoms with Gasteiger partial charge in [0.15, 0.2) is 5.82 Å². The zero-order valence-corrected chi connectivity index (χ0v) is 24.7. The number of nitrogens with one attached hydrogen (secondary N) is 2. The molecule has 1 aromatic carbocycles. The van der Waals surface area contributed by atoms with E-state index in [4.69, 9.17) is 16.3 Å². The van der Waals surface area contributed by atoms with Gasteiger partial charge in [-0.3, -0.25) is 4.79 Å². The van der Waals surface area contributed by atoms with E-state index in [2.05, 4.69) is 35.4 Å². The lowest BCUT2D eigenvalue weighted by Crippen LogP contribution is -2.52. The van der Waals surface area contributed by atoms with E-state index in [-0.39, 0.29) is 35.6 Å². The molecule has 0 radical (unpaired) electrons. The molecule has 3 amide bonds. The van der Waals surface area contributed by atoms with Crippen molar-refractivity contribution in [3.8, 4) is 0 Å². The molecule has 0 unspecified atom stereocenters. The Bertz CT molecular complexity index is 1320. The average molecular weight is 564 g/mol. The van der Waals surface area contributed by atoms with Crippen molar-refractivity contribution in [3.05, 3.63) is 39.8 Å². The zero-order valence-electron chi connectivity index (χ0n) is 22.9. The second-order valence-corrected chi connectivity index (χ2v) is 17.4. The maximum atomic E-state index is 14.7. The van der Waals surface area contributed by atoms with Crippen LogP contribution in [0.15, 0.2) is 12.1 Å². The smallest absolute Gasteiger partial charge is 0.436 e. The van der Waals surface area contributed by atoms with E-state index in [9.17, 15) is 18.8 Å². The molecule has 1 aliphatic heterocycles. The number of urea groups is 1. The Hall–Kier alpha value is -2.92. The number of anilines is 2. The Balaban J connectivity index is 1.71. The number of carbonyl (C=O) groups is 3. The van der Waals surface area contributed by atoms with Crippen LogP contribution in [-0.4, -0.2) is 47.4 Å². The first-order chi connectivity index (χ1) is 17.7. The first kappa shape index (κ1) is 28.1. The number of nitrogens with zero attached hydrogens (tertiary/aromatic N) is 3. The van der Waals surface area contributed by atoms with Crippen molar-refractivity contribution in [1.82, 2.24) is 14.7 Å². The monoisotopic (exact) mass is 563 g/mol. The molecule has 1 aliphatic carbocycles. The summed E-state index contributed by atoms with van der Waals surface area (Å²) in [5.41, 5.74) is 0.229. The van der Waals surface area contributed by atoms with Gasteiger partial charge in [0.2, 0.25) is 5.91 Å². The molecule has 9 nitrogen and oxygen atoms in total. The molecule has 1 saturated carbocycles. The van der Waals surface area contributed by atoms with E-state index in [0.29, 0.717) is 16.8 Å². The van der Waals surface area contributed by atoms with E-state index in [1.807, 2.05) is 0 Å². The number of aryl methyl sites for hydroxylation is 1. The minimum absolute atomic E-state index is 0.0359. The van der Waals surface area contributed by atoms with Crippen molar-refractivity contribution in [2.45, 2.75) is 83.7 Å². The van der Waals surface area contributed by atoms with Crippen LogP contribution >= 0.6 is 11.6 Å². The van der Waals surface area contributed by atoms with E-state index >= 15 is 0 Å². The maximum Gasteiger partial charge on any atom is 0.436 e. The number of aromatic nitrogens is 2. The zero-order chi connectivity index (χ0) is 28.2. The number of hydrogen-bond donors (Lipinski definition) is 2. The lowest BCUT2D eigenvalue weighted by Gasteiger charge is -2.48. The Morgan fingerprint density at radius 3 is 2.39 bits per heavy atom. The molecule has 0 atom stereocenters. The SMILES string of the molecule is CCOC(=O)n1nc2c(c1NC(=O)C1([Si](C)(C)C)CCC1)CN(C(=O)Nc1c(Cl)ccc(C)c1F)C2(C)C. The predicted molar refractivity (Wildman–Crippen MR) is 147 cm³/mol. The molecule has 0 bridgehead atoms. The third-order valence-electron chi connectivity index (χ3n) is 8.07. The molecule has 1 aromatic heterocycles. The molecular formula is C26H35ClFN5O4Si. The molecule has 0 spiro atoms. The van der Waals surface area contributed by atoms with E-state index in [1.54, 1.807) is 27.7 Å². The van der Waals surface area contributed by atoms with Crippen molar-refractivity contribution in [2.75, 3.05) is 17.2 Å². The van der Waals surface area contributed by atoms with Crippen LogP contribution in [0.3, 0.4) is 0 Å². The summed E-state index contributed by atoms with van der Waals surface area (Å²) in [6.45, 7) is 13.5. The summed E-state index contributed by atoms with van der Waals surface area (Å²) in [7, 11) is -1.90. The fourth-order valence-corrected chi connectivity index (χ4v) is 8.16. The lowest BCUT2D eigenvalue weighted by molar-refractivity contribution is -0.121. The number of fused-ring (bicyclic) bond motifs is 1. The third-order valence-corrected chi connectivity index (χ3v) is 12.0. The van der Waals surface area contributed by atoms with Crippen molar-refractivity contribution in [3.63, 3.8) is 0 Å². The number of rotatable bonds is 5. The number of carbonyl (C=O) groups excluding carboxylic acids is 3. The molecule has 12 heteroatoms. The summed E-state index contributed by atoms with van der Waals surface area (Å²) in [6.07, 6.45) is 1.86. The van der Waals surface area contributed by atoms with Gasteiger partial charge < -0.3 is 20.3 Å². The van der Waals surface area contributed by atoms with Gasteiger partial charge in [0.25, 0.3) is 0 Å². The predicted octanol–water partition coefficient (Wildman–Crippen LogP) is 6.47. The van der Waals surface area contributed by atoms with Gasteiger partial charge in [-0.1, -0.05) is 43.7 Å². The van der Waals surface area contributed by atoms with Gasteiger partial charge in [-0.05, 0) is 52.2 Å². The quantitative estimate of drug-likeness (QED) is 0.405. The molecule has 2 heterocycles. The number of halogens is 2. The molecular weight excluding hydrogens is 529 g/mol. The Kier molecular flexibility index (Phi) is 7.15. The topological polar surface area (TPSA) is 106 Å². The largest absolute Gasteiger partial charge is 0.448 e. The summed E-state index contributed by atoms with van der Waals surface area (Å²) in [5, 5.41) is 9.74. The first-order valence-electron chi connectivity index (χ1n) is 12.8. The molecule has 206 valence electrons. The number of hydrogen-bond acceptors (Lipinski definition) is 5. The molecule has 2 aromatic rings. The number of ether oxygens (including phenoxy) is 1. The molecule has 2 aliphatic rings. The Labute approximate surface area is 228 Å². The van der Waals surface area contributed by atoms with Crippen LogP contribution in [0.25, 0.3) is 0 Å². The highest BCUT2D eigenvalue weighted by atomic mass is 35.5. The van der Waals surface area contributed by atoms with Crippen LogP contribution < -0.4 is 10.6 Å². The van der Waals surface area contributed by atoms with E-state index < -0.39 is 36.6 Å². The Morgan fingerprint density at radius 1 is 1.18 bits per heavy atom. The maximum absolute atomic E-state index is 14.7. The van der Waals surface area contributed by atoms with Gasteiger partial charge in [0.05, 0.1) is 43.2 Å². The Morgan fingerprint density at radius 2 is 1.84 bits per heavy atom. The van der Waals surface area contributed by atoms with Crippen molar-refractivity contribution in [1.29, 1.82) is 0 Å². The lowest BCUT2D eigenvalue weighted by atomic mass is 9.83. The van der Waals surface area contributed by atoms with Crippen LogP contribution in [0.4, 0.5) is 25.5 Å². The standard InChI is InChI=1S/C26H35ClFN5O4Si/c1-8-37-24(36)33-21(30-22(34)26(12-9-13-26)38(5,6)7)16-14-32(25(3,4)20(16)31-33)23(35)29-19-17(27)11-10-15(2)18(19)28/h10-11H,8-9,12-14H2,1-7H3,(H,29,35)(H,30,34). The third kappa shape index (κ3) is 4.39. The van der Waals surface area contributed by atoms with Crippen LogP contribution in [0.5, 0.6) is 0 Å². The van der Waals surface area contributed by atoms with Crippen molar-refractivity contribution >= 4 is 49.2 Å². The van der Waals surface area contributed by atoms with Crippen LogP contribution in [-0.2, 0) is 21.6 Å². The highest BCUT2D eigenvalue weighted by Crippen LogP contribution is 2.56. The molecule has 0 saturated heterocycles. The fourth-order valence-electron chi connectivity index (χ4n) is 5.37. The number of benzene rings is 1. The molecule has 38 heavy (non-hydrogen) atoms. The van der Waals surface area contributed by atoms with Gasteiger partial charge in [-0.25, -0.2) is 14.0 Å². The van der Waals surface area contributed by atoms with E-state index in [0.717, 1.165) is 23.9 Å². The first-order valence-corrected chi connectivity index (χ1v) is 16.7. The second-order valence-electron chi connectivity index (χ2n) is 11.6. The summed E-state index contributed by atoms with van der Waals surface area (Å²) in [6, 6.07) is 2.47. The second kappa shape index (κ2) is 9.67. The fraction of sp³-hybridized carbons (Fsp3) is 0.538. The molecule has 2 N–H and O–H groups in total. The minimum atomic E-state index is -1.90. The van der Waals surface area contributed by atoms with Crippen molar-refractivity contribution in [2.24, 2.45) is 0 Å². The number of amides is 3. The van der Waals surface area contributed by atoms with E-state index in [1.165, 1.54) is 17.0 Å². The van der Waals surface area contributed by atoms with Crippen molar-refractivity contribution < 1.29 is 23.5 Å². The van der Waals surface area contributed by atoms with Gasteiger partial charge in [-0.15, -0.1) is 4.68 Å². The summed E-state index contributed by atoms with van der Waals surface area (Å²) in [5.74, 6) is -0.542. The van der Waals surface area contributed by atoms with Crippen LogP contribution in [0.2, 0.25) is 29.7 Å². The highest BCUT2D eigenvalue weighted by molar-refractivity contribution is 6.83. The molecule has 4 rings (SSSR count). The van der Waals surface area contributed by atoms with Crippen LogP contribution in [0, 0.1) is 12.7 Å². The minimum Gasteiger partial charge on any atom is -0.448 e.